The van der Waals surface area contributed by atoms with Crippen LogP contribution in [-0.2, 0) is 14.8 Å². The van der Waals surface area contributed by atoms with E-state index in [1.807, 2.05) is 6.92 Å². The highest BCUT2D eigenvalue weighted by atomic mass is 32.2. The summed E-state index contributed by atoms with van der Waals surface area (Å²) in [5.41, 5.74) is 5.09. The Morgan fingerprint density at radius 3 is 2.52 bits per heavy atom. The molecule has 0 fully saturated rings. The second kappa shape index (κ2) is 7.93. The molecule has 0 saturated carbocycles. The van der Waals surface area contributed by atoms with Gasteiger partial charge in [-0.2, -0.15) is 4.72 Å². The maximum Gasteiger partial charge on any atom is 0.321 e. The topological polar surface area (TPSA) is 136 Å². The zero-order valence-corrected chi connectivity index (χ0v) is 13.7. The smallest absolute Gasteiger partial charge is 0.321 e. The number of carbonyl (C=O) groups excluding carboxylic acids is 1. The van der Waals surface area contributed by atoms with Gasteiger partial charge in [-0.15, -0.1) is 0 Å². The normalized spacial score (nSPS) is 12.6. The molecule has 0 aliphatic rings. The Morgan fingerprint density at radius 2 is 2.04 bits per heavy atom. The third kappa shape index (κ3) is 4.93. The number of rotatable bonds is 9. The summed E-state index contributed by atoms with van der Waals surface area (Å²) in [5, 5.41) is 9.11. The number of benzene rings is 1. The van der Waals surface area contributed by atoms with E-state index in [1.54, 1.807) is 0 Å². The first-order chi connectivity index (χ1) is 10.7. The van der Waals surface area contributed by atoms with Gasteiger partial charge < -0.3 is 15.6 Å². The first kappa shape index (κ1) is 18.9. The van der Waals surface area contributed by atoms with E-state index in [0.29, 0.717) is 6.42 Å². The molecule has 1 atom stereocenters. The molecule has 0 aliphatic carbocycles. The third-order valence-electron chi connectivity index (χ3n) is 3.19. The first-order valence-corrected chi connectivity index (χ1v) is 8.44. The van der Waals surface area contributed by atoms with Gasteiger partial charge in [0.05, 0.1) is 17.6 Å². The molecule has 0 saturated heterocycles. The predicted molar refractivity (Wildman–Crippen MR) is 82.8 cm³/mol. The lowest BCUT2D eigenvalue weighted by Crippen LogP contribution is -2.40. The Balaban J connectivity index is 3.14. The second-order valence-corrected chi connectivity index (χ2v) is 6.59. The molecule has 0 radical (unpaired) electrons. The summed E-state index contributed by atoms with van der Waals surface area (Å²) in [6.07, 6.45) is 1.47. The lowest BCUT2D eigenvalue weighted by Gasteiger charge is -2.15. The van der Waals surface area contributed by atoms with Gasteiger partial charge in [-0.1, -0.05) is 19.8 Å². The van der Waals surface area contributed by atoms with Crippen LogP contribution in [0.15, 0.2) is 23.1 Å². The number of primary amides is 1. The lowest BCUT2D eigenvalue weighted by atomic mass is 10.1. The highest BCUT2D eigenvalue weighted by Crippen LogP contribution is 2.22. The molecule has 4 N–H and O–H groups in total. The van der Waals surface area contributed by atoms with Crippen LogP contribution < -0.4 is 15.2 Å². The number of amides is 1. The van der Waals surface area contributed by atoms with Crippen molar-refractivity contribution in [1.82, 2.24) is 4.72 Å². The molecule has 1 aromatic rings. The standard InChI is InChI=1S/C14H20N2O6S/c1-3-4-5-11(14(18)19)16-23(20,21)9-6-7-12(22-2)10(8-9)13(15)17/h6-8,11,16H,3-5H2,1-2H3,(H2,15,17)(H,18,19). The first-order valence-electron chi connectivity index (χ1n) is 6.96. The minimum absolute atomic E-state index is 0.101. The van der Waals surface area contributed by atoms with Crippen LogP contribution in [0.3, 0.4) is 0 Å². The molecule has 8 nitrogen and oxygen atoms in total. The van der Waals surface area contributed by atoms with E-state index in [4.69, 9.17) is 15.6 Å². The molecule has 23 heavy (non-hydrogen) atoms. The molecule has 1 rings (SSSR count). The molecule has 0 bridgehead atoms. The molecule has 128 valence electrons. The zero-order chi connectivity index (χ0) is 17.6. The zero-order valence-electron chi connectivity index (χ0n) is 12.9. The van der Waals surface area contributed by atoms with E-state index in [1.165, 1.54) is 19.2 Å². The van der Waals surface area contributed by atoms with Crippen molar-refractivity contribution >= 4 is 21.9 Å². The number of methoxy groups -OCH3 is 1. The minimum Gasteiger partial charge on any atom is -0.496 e. The van der Waals surface area contributed by atoms with Gasteiger partial charge in [-0.3, -0.25) is 9.59 Å². The molecule has 0 aromatic heterocycles. The Morgan fingerprint density at radius 1 is 1.39 bits per heavy atom. The molecule has 1 unspecified atom stereocenters. The van der Waals surface area contributed by atoms with Crippen molar-refractivity contribution in [3.05, 3.63) is 23.8 Å². The quantitative estimate of drug-likeness (QED) is 0.604. The number of carboxylic acid groups (broad SMARTS) is 1. The van der Waals surface area contributed by atoms with E-state index in [0.717, 1.165) is 12.5 Å². The molecule has 1 aromatic carbocycles. The number of unbranched alkanes of at least 4 members (excludes halogenated alkanes) is 1. The van der Waals surface area contributed by atoms with Crippen molar-refractivity contribution in [2.24, 2.45) is 5.73 Å². The molecule has 0 heterocycles. The van der Waals surface area contributed by atoms with Crippen LogP contribution >= 0.6 is 0 Å². The number of aliphatic carboxylic acids is 1. The van der Waals surface area contributed by atoms with E-state index in [9.17, 15) is 18.0 Å². The van der Waals surface area contributed by atoms with Crippen LogP contribution in [0.1, 0.15) is 36.5 Å². The van der Waals surface area contributed by atoms with Crippen molar-refractivity contribution in [3.63, 3.8) is 0 Å². The average molecular weight is 344 g/mol. The van der Waals surface area contributed by atoms with Crippen LogP contribution in [-0.4, -0.2) is 38.6 Å². The summed E-state index contributed by atoms with van der Waals surface area (Å²) in [7, 11) is -2.79. The van der Waals surface area contributed by atoms with Crippen LogP contribution in [0, 0.1) is 0 Å². The van der Waals surface area contributed by atoms with E-state index in [-0.39, 0.29) is 22.6 Å². The number of ether oxygens (including phenoxy) is 1. The molecule has 0 spiro atoms. The number of nitrogens with one attached hydrogen (secondary N) is 1. The maximum absolute atomic E-state index is 12.3. The lowest BCUT2D eigenvalue weighted by molar-refractivity contribution is -0.139. The summed E-state index contributed by atoms with van der Waals surface area (Å²) in [4.78, 5) is 22.3. The predicted octanol–water partition coefficient (Wildman–Crippen LogP) is 0.716. The SMILES string of the molecule is CCCCC(NS(=O)(=O)c1ccc(OC)c(C(N)=O)c1)C(=O)O. The third-order valence-corrected chi connectivity index (χ3v) is 4.66. The maximum atomic E-state index is 12.3. The van der Waals surface area contributed by atoms with Crippen molar-refractivity contribution in [2.45, 2.75) is 37.1 Å². The van der Waals surface area contributed by atoms with Gasteiger partial charge in [0.1, 0.15) is 11.8 Å². The van der Waals surface area contributed by atoms with E-state index in [2.05, 4.69) is 4.72 Å². The van der Waals surface area contributed by atoms with Crippen LogP contribution in [0.2, 0.25) is 0 Å². The summed E-state index contributed by atoms with van der Waals surface area (Å²) in [6.45, 7) is 1.87. The van der Waals surface area contributed by atoms with Gasteiger partial charge in [0.15, 0.2) is 0 Å². The fourth-order valence-corrected chi connectivity index (χ4v) is 3.19. The van der Waals surface area contributed by atoms with Gasteiger partial charge in [0.25, 0.3) is 5.91 Å². The Labute approximate surface area is 134 Å². The monoisotopic (exact) mass is 344 g/mol. The van der Waals surface area contributed by atoms with Crippen molar-refractivity contribution in [2.75, 3.05) is 7.11 Å². The molecule has 9 heteroatoms. The van der Waals surface area contributed by atoms with Crippen molar-refractivity contribution in [3.8, 4) is 5.75 Å². The minimum atomic E-state index is -4.11. The molecule has 0 aliphatic heterocycles. The second-order valence-electron chi connectivity index (χ2n) is 4.88. The molecule has 1 amide bonds. The average Bonchev–Trinajstić information content (AvgIpc) is 2.50. The van der Waals surface area contributed by atoms with Crippen LogP contribution in [0.4, 0.5) is 0 Å². The summed E-state index contributed by atoms with van der Waals surface area (Å²) in [5.74, 6) is -1.97. The van der Waals surface area contributed by atoms with E-state index >= 15 is 0 Å². The Bertz CT molecular complexity index is 687. The van der Waals surface area contributed by atoms with E-state index < -0.39 is 27.9 Å². The van der Waals surface area contributed by atoms with Gasteiger partial charge in [-0.25, -0.2) is 8.42 Å². The largest absolute Gasteiger partial charge is 0.496 e. The highest BCUT2D eigenvalue weighted by Gasteiger charge is 2.26. The Kier molecular flexibility index (Phi) is 6.52. The summed E-state index contributed by atoms with van der Waals surface area (Å²) < 4.78 is 31.7. The van der Waals surface area contributed by atoms with Crippen molar-refractivity contribution < 1.29 is 27.9 Å². The number of carboxylic acids is 1. The van der Waals surface area contributed by atoms with Crippen LogP contribution in [0.5, 0.6) is 5.75 Å². The number of hydrogen-bond acceptors (Lipinski definition) is 5. The van der Waals surface area contributed by atoms with Crippen LogP contribution in [0.25, 0.3) is 0 Å². The molecular formula is C14H20N2O6S. The van der Waals surface area contributed by atoms with Gasteiger partial charge in [0, 0.05) is 0 Å². The van der Waals surface area contributed by atoms with Gasteiger partial charge in [0.2, 0.25) is 10.0 Å². The summed E-state index contributed by atoms with van der Waals surface area (Å²) in [6, 6.07) is 2.32. The van der Waals surface area contributed by atoms with Gasteiger partial charge >= 0.3 is 5.97 Å². The number of hydrogen-bond donors (Lipinski definition) is 3. The number of sulfonamides is 1. The number of carbonyl (C=O) groups is 2. The number of nitrogens with two attached hydrogens (primary N) is 1. The molecular weight excluding hydrogens is 324 g/mol. The fourth-order valence-electron chi connectivity index (χ4n) is 1.94. The summed E-state index contributed by atoms with van der Waals surface area (Å²) >= 11 is 0. The highest BCUT2D eigenvalue weighted by molar-refractivity contribution is 7.89. The fraction of sp³-hybridized carbons (Fsp3) is 0.429. The Hall–Kier alpha value is -2.13. The van der Waals surface area contributed by atoms with Gasteiger partial charge in [-0.05, 0) is 24.6 Å². The van der Waals surface area contributed by atoms with Crippen molar-refractivity contribution in [1.29, 1.82) is 0 Å².